The normalized spacial score (nSPS) is 14.2. The van der Waals surface area contributed by atoms with E-state index in [0.29, 0.717) is 34.0 Å². The zero-order chi connectivity index (χ0) is 57.5. The van der Waals surface area contributed by atoms with E-state index in [-0.39, 0.29) is 62.3 Å². The van der Waals surface area contributed by atoms with Crippen molar-refractivity contribution in [3.05, 3.63) is 95.7 Å². The maximum absolute atomic E-state index is 14.5. The summed E-state index contributed by atoms with van der Waals surface area (Å²) in [7, 11) is 0. The van der Waals surface area contributed by atoms with Gasteiger partial charge in [0.15, 0.2) is 0 Å². The highest BCUT2D eigenvalue weighted by Gasteiger charge is 2.35. The van der Waals surface area contributed by atoms with E-state index in [1.165, 1.54) is 48.5 Å². The van der Waals surface area contributed by atoms with E-state index in [1.54, 1.807) is 30.5 Å². The van der Waals surface area contributed by atoms with Gasteiger partial charge in [-0.15, -0.1) is 0 Å². The van der Waals surface area contributed by atoms with Gasteiger partial charge < -0.3 is 84.3 Å². The SMILES string of the molecule is NCCCC[C@H](NC(=O)[C@H](Cc1ccc(O)cc1)NC(=O)[C@@H](N)CCC(=O)O)C(=O)N[C@@H](CO)C(=O)N[C@@H](Cc1c[nH]c2ccccc12)C(=O)N[C@@H](CCC(=O)O)C(=O)N[C@@H](Cc1ccc(O)cc1)C(=O)N[C@@H](CS)C(=O)O. The number of aliphatic hydroxyl groups excluding tert-OH is 1. The molecule has 4 aromatic rings. The molecule has 18 N–H and O–H groups in total. The summed E-state index contributed by atoms with van der Waals surface area (Å²) in [5.74, 6) is -11.7. The number of rotatable bonds is 33. The number of aromatic amines is 1. The van der Waals surface area contributed by atoms with Crippen LogP contribution in [-0.4, -0.2) is 162 Å². The third-order valence-electron chi connectivity index (χ3n) is 12.2. The minimum atomic E-state index is -1.82. The highest BCUT2D eigenvalue weighted by atomic mass is 32.1. The Kier molecular flexibility index (Phi) is 24.8. The van der Waals surface area contributed by atoms with Gasteiger partial charge in [-0.05, 0) is 85.7 Å². The second-order valence-corrected chi connectivity index (χ2v) is 18.6. The van der Waals surface area contributed by atoms with Crippen LogP contribution in [-0.2, 0) is 67.2 Å². The third-order valence-corrected chi connectivity index (χ3v) is 12.6. The van der Waals surface area contributed by atoms with E-state index < -0.39 is 133 Å². The number of carboxylic acid groups (broad SMARTS) is 3. The van der Waals surface area contributed by atoms with E-state index in [4.69, 9.17) is 16.6 Å². The van der Waals surface area contributed by atoms with Crippen LogP contribution >= 0.6 is 12.6 Å². The molecule has 8 atom stereocenters. The summed E-state index contributed by atoms with van der Waals surface area (Å²) < 4.78 is 0. The van der Waals surface area contributed by atoms with Crippen molar-refractivity contribution in [2.24, 2.45) is 11.5 Å². The lowest BCUT2D eigenvalue weighted by Gasteiger charge is -2.27. The summed E-state index contributed by atoms with van der Waals surface area (Å²) in [4.78, 5) is 135. The van der Waals surface area contributed by atoms with Crippen molar-refractivity contribution in [3.8, 4) is 11.5 Å². The lowest BCUT2D eigenvalue weighted by Crippen LogP contribution is -2.61. The average Bonchev–Trinajstić information content (AvgIpc) is 3.84. The first-order chi connectivity index (χ1) is 37.1. The number of carbonyl (C=O) groups is 10. The van der Waals surface area contributed by atoms with Crippen LogP contribution in [0.25, 0.3) is 10.9 Å². The van der Waals surface area contributed by atoms with Gasteiger partial charge in [0, 0.05) is 55.0 Å². The van der Waals surface area contributed by atoms with Gasteiger partial charge in [0.25, 0.3) is 0 Å². The number of nitrogens with one attached hydrogen (secondary N) is 8. The molecule has 0 spiro atoms. The maximum atomic E-state index is 14.5. The third kappa shape index (κ3) is 20.0. The van der Waals surface area contributed by atoms with Crippen LogP contribution in [0.5, 0.6) is 11.5 Å². The van der Waals surface area contributed by atoms with Gasteiger partial charge >= 0.3 is 17.9 Å². The van der Waals surface area contributed by atoms with Crippen molar-refractivity contribution in [1.29, 1.82) is 0 Å². The molecule has 1 aromatic heterocycles. The maximum Gasteiger partial charge on any atom is 0.327 e. The monoisotopic (exact) mass is 1110 g/mol. The minimum absolute atomic E-state index is 0.0787. The number of hydrogen-bond acceptors (Lipinski definition) is 16. The van der Waals surface area contributed by atoms with Gasteiger partial charge in [-0.2, -0.15) is 12.6 Å². The van der Waals surface area contributed by atoms with Gasteiger partial charge in [-0.3, -0.25) is 43.2 Å². The number of aliphatic carboxylic acids is 3. The number of aromatic nitrogens is 1. The van der Waals surface area contributed by atoms with Crippen molar-refractivity contribution in [3.63, 3.8) is 0 Å². The number of hydrogen-bond donors (Lipinski definition) is 17. The fourth-order valence-electron chi connectivity index (χ4n) is 7.88. The summed E-state index contributed by atoms with van der Waals surface area (Å²) in [6.45, 7) is -0.879. The molecule has 0 aliphatic carbocycles. The first-order valence-electron chi connectivity index (χ1n) is 24.7. The van der Waals surface area contributed by atoms with Crippen LogP contribution in [0, 0.1) is 0 Å². The number of H-pyrrole nitrogens is 1. The van der Waals surface area contributed by atoms with Crippen LogP contribution < -0.4 is 48.7 Å². The number of benzene rings is 3. The van der Waals surface area contributed by atoms with Crippen LogP contribution in [0.15, 0.2) is 79.0 Å². The molecular formula is C51H66N10O16S. The van der Waals surface area contributed by atoms with Gasteiger partial charge in [-0.1, -0.05) is 42.5 Å². The zero-order valence-corrected chi connectivity index (χ0v) is 43.1. The predicted molar refractivity (Wildman–Crippen MR) is 282 cm³/mol. The molecule has 0 aliphatic rings. The lowest BCUT2D eigenvalue weighted by molar-refractivity contribution is -0.141. The molecule has 26 nitrogen and oxygen atoms in total. The van der Waals surface area contributed by atoms with Crippen molar-refractivity contribution < 1.29 is 78.6 Å². The highest BCUT2D eigenvalue weighted by molar-refractivity contribution is 7.80. The van der Waals surface area contributed by atoms with Gasteiger partial charge in [0.1, 0.15) is 53.8 Å². The zero-order valence-electron chi connectivity index (χ0n) is 42.2. The van der Waals surface area contributed by atoms with Gasteiger partial charge in [-0.25, -0.2) is 4.79 Å². The number of nitrogens with two attached hydrogens (primary N) is 2. The summed E-state index contributed by atoms with van der Waals surface area (Å²) in [5, 5.41) is 76.3. The van der Waals surface area contributed by atoms with Crippen LogP contribution in [0.1, 0.15) is 61.6 Å². The fraction of sp³-hybridized carbons (Fsp3) is 0.412. The number of para-hydroxylation sites is 1. The first-order valence-corrected chi connectivity index (χ1v) is 25.3. The Morgan fingerprint density at radius 3 is 1.42 bits per heavy atom. The second-order valence-electron chi connectivity index (χ2n) is 18.2. The topological polar surface area (TPSA) is 444 Å². The van der Waals surface area contributed by atoms with Crippen molar-refractivity contribution in [2.45, 2.75) is 113 Å². The van der Waals surface area contributed by atoms with Crippen LogP contribution in [0.3, 0.4) is 0 Å². The van der Waals surface area contributed by atoms with E-state index in [2.05, 4.69) is 54.8 Å². The second kappa shape index (κ2) is 31.1. The number of amides is 7. The van der Waals surface area contributed by atoms with E-state index in [1.807, 2.05) is 0 Å². The van der Waals surface area contributed by atoms with E-state index >= 15 is 0 Å². The molecule has 0 bridgehead atoms. The molecule has 0 saturated heterocycles. The van der Waals surface area contributed by atoms with E-state index in [0.717, 1.165) is 0 Å². The largest absolute Gasteiger partial charge is 0.508 e. The molecule has 4 rings (SSSR count). The Labute approximate surface area is 452 Å². The fourth-order valence-corrected chi connectivity index (χ4v) is 8.13. The molecule has 27 heteroatoms. The Bertz CT molecular complexity index is 2730. The molecule has 78 heavy (non-hydrogen) atoms. The number of phenolic OH excluding ortho intramolecular Hbond substituents is 2. The summed E-state index contributed by atoms with van der Waals surface area (Å²) in [5.41, 5.74) is 13.6. The number of thiol groups is 1. The molecule has 1 heterocycles. The van der Waals surface area contributed by atoms with Crippen molar-refractivity contribution in [1.82, 2.24) is 42.2 Å². The van der Waals surface area contributed by atoms with Gasteiger partial charge in [0.05, 0.1) is 12.6 Å². The average molecular weight is 1110 g/mol. The molecule has 0 aliphatic heterocycles. The van der Waals surface area contributed by atoms with Crippen molar-refractivity contribution in [2.75, 3.05) is 18.9 Å². The predicted octanol–water partition coefficient (Wildman–Crippen LogP) is -1.81. The summed E-state index contributed by atoms with van der Waals surface area (Å²) in [6.07, 6.45) is -0.656. The number of aromatic hydroxyl groups is 2. The number of fused-ring (bicyclic) bond motifs is 1. The summed E-state index contributed by atoms with van der Waals surface area (Å²) in [6, 6.07) is 5.57. The lowest BCUT2D eigenvalue weighted by atomic mass is 10.0. The smallest absolute Gasteiger partial charge is 0.327 e. The molecule has 3 aromatic carbocycles. The number of phenols is 2. The van der Waals surface area contributed by atoms with Gasteiger partial charge in [0.2, 0.25) is 41.4 Å². The highest BCUT2D eigenvalue weighted by Crippen LogP contribution is 2.20. The number of aliphatic hydroxyl groups is 1. The summed E-state index contributed by atoms with van der Waals surface area (Å²) >= 11 is 3.97. The van der Waals surface area contributed by atoms with Crippen molar-refractivity contribution >= 4 is 82.8 Å². The Morgan fingerprint density at radius 1 is 0.513 bits per heavy atom. The minimum Gasteiger partial charge on any atom is -0.508 e. The Hall–Kier alpha value is -8.27. The van der Waals surface area contributed by atoms with Crippen LogP contribution in [0.4, 0.5) is 0 Å². The molecule has 0 radical (unpaired) electrons. The van der Waals surface area contributed by atoms with Crippen LogP contribution in [0.2, 0.25) is 0 Å². The number of unbranched alkanes of at least 4 members (excludes halogenated alkanes) is 1. The molecule has 0 saturated carbocycles. The molecular weight excluding hydrogens is 1040 g/mol. The standard InChI is InChI=1S/C51H66N10O16S/c52-20-4-3-7-35(55-47(72)37(21-27-8-12-30(63)13-9-27)57-44(69)33(53)16-18-42(65)66)45(70)60-40(25-62)50(75)59-39(23-29-24-54-34-6-2-1-5-32(29)34)49(74)56-36(17-19-43(67)68)46(71)58-38(22-28-10-14-31(64)15-11-28)48(73)61-41(26-78)51(76)77/h1-2,5-6,8-15,24,33,35-41,54,62-64,78H,3-4,7,16-23,25-26,52-53H2,(H,55,72)(H,56,74)(H,57,69)(H,58,71)(H,59,75)(H,60,70)(H,61,73)(H,65,66)(H,67,68)(H,76,77)/t33-,35-,36-,37-,38-,39-,40-,41-/m0/s1. The molecule has 7 amide bonds. The quantitative estimate of drug-likeness (QED) is 0.0185. The molecule has 0 fully saturated rings. The van der Waals surface area contributed by atoms with E-state index in [9.17, 15) is 73.5 Å². The molecule has 0 unspecified atom stereocenters. The first kappa shape index (κ1) is 62.3. The Balaban J connectivity index is 1.63. The number of carboxylic acids is 3. The Morgan fingerprint density at radius 2 is 0.936 bits per heavy atom. The number of carbonyl (C=O) groups excluding carboxylic acids is 7. The molecule has 422 valence electrons.